The zero-order valence-corrected chi connectivity index (χ0v) is 12.8. The van der Waals surface area contributed by atoms with E-state index in [1.807, 2.05) is 13.8 Å². The molecule has 0 bridgehead atoms. The summed E-state index contributed by atoms with van der Waals surface area (Å²) in [6.45, 7) is 10.7. The quantitative estimate of drug-likeness (QED) is 0.785. The second-order valence-corrected chi connectivity index (χ2v) is 5.13. The number of aryl methyl sites for hydroxylation is 1. The Morgan fingerprint density at radius 1 is 1.17 bits per heavy atom. The maximum Gasteiger partial charge on any atom is 0.137 e. The number of hydrogen-bond acceptors (Lipinski definition) is 3. The number of rotatable bonds is 6. The van der Waals surface area contributed by atoms with Gasteiger partial charge in [0.05, 0.1) is 0 Å². The van der Waals surface area contributed by atoms with E-state index in [1.54, 1.807) is 0 Å². The highest BCUT2D eigenvalue weighted by molar-refractivity contribution is 6.30. The summed E-state index contributed by atoms with van der Waals surface area (Å²) in [7, 11) is 0. The highest BCUT2D eigenvalue weighted by Gasteiger charge is 2.16. The fourth-order valence-corrected chi connectivity index (χ4v) is 2.35. The molecule has 4 heteroatoms. The lowest BCUT2D eigenvalue weighted by Crippen LogP contribution is -2.26. The summed E-state index contributed by atoms with van der Waals surface area (Å²) in [5.74, 6) is 2.33. The predicted molar refractivity (Wildman–Crippen MR) is 78.3 cm³/mol. The van der Waals surface area contributed by atoms with E-state index < -0.39 is 0 Å². The van der Waals surface area contributed by atoms with Gasteiger partial charge in [0.25, 0.3) is 0 Å². The van der Waals surface area contributed by atoms with Crippen molar-refractivity contribution >= 4 is 17.4 Å². The van der Waals surface area contributed by atoms with Crippen molar-refractivity contribution in [1.82, 2.24) is 9.97 Å². The molecule has 0 radical (unpaired) electrons. The van der Waals surface area contributed by atoms with Crippen LogP contribution in [-0.2, 0) is 6.42 Å². The fourth-order valence-electron chi connectivity index (χ4n) is 2.16. The van der Waals surface area contributed by atoms with Crippen molar-refractivity contribution in [3.05, 3.63) is 16.5 Å². The van der Waals surface area contributed by atoms with Crippen molar-refractivity contribution in [1.29, 1.82) is 0 Å². The number of anilines is 1. The third-order valence-corrected chi connectivity index (χ3v) is 3.94. The molecule has 102 valence electrons. The van der Waals surface area contributed by atoms with Gasteiger partial charge in [-0.05, 0) is 19.8 Å². The van der Waals surface area contributed by atoms with Crippen LogP contribution in [0, 0.1) is 12.8 Å². The summed E-state index contributed by atoms with van der Waals surface area (Å²) in [4.78, 5) is 8.79. The second kappa shape index (κ2) is 6.93. The maximum atomic E-state index is 6.14. The highest BCUT2D eigenvalue weighted by atomic mass is 35.5. The van der Waals surface area contributed by atoms with Crippen LogP contribution in [-0.4, -0.2) is 16.0 Å². The van der Waals surface area contributed by atoms with Crippen LogP contribution < -0.4 is 5.32 Å². The molecule has 0 aromatic carbocycles. The zero-order chi connectivity index (χ0) is 13.7. The second-order valence-electron chi connectivity index (χ2n) is 4.77. The summed E-state index contributed by atoms with van der Waals surface area (Å²) in [6, 6.07) is 0.398. The standard InChI is InChI=1S/C14H24ClN3/c1-6-11(7-2)10(5)16-14-9(4)13(15)17-12(8-3)18-14/h10-11H,6-8H2,1-5H3,(H,16,17,18). The Labute approximate surface area is 115 Å². The molecule has 0 saturated heterocycles. The molecule has 1 aromatic rings. The Morgan fingerprint density at radius 3 is 2.28 bits per heavy atom. The van der Waals surface area contributed by atoms with Crippen molar-refractivity contribution in [3.8, 4) is 0 Å². The molecule has 0 saturated carbocycles. The first-order valence-corrected chi connectivity index (χ1v) is 7.20. The third-order valence-electron chi connectivity index (χ3n) is 3.57. The smallest absolute Gasteiger partial charge is 0.137 e. The van der Waals surface area contributed by atoms with Gasteiger partial charge in [-0.15, -0.1) is 0 Å². The van der Waals surface area contributed by atoms with Crippen molar-refractivity contribution in [2.75, 3.05) is 5.32 Å². The summed E-state index contributed by atoms with van der Waals surface area (Å²) in [6.07, 6.45) is 3.14. The van der Waals surface area contributed by atoms with E-state index in [-0.39, 0.29) is 0 Å². The lowest BCUT2D eigenvalue weighted by molar-refractivity contribution is 0.436. The van der Waals surface area contributed by atoms with Gasteiger partial charge in [0, 0.05) is 18.0 Å². The molecule has 0 aliphatic heterocycles. The molecular formula is C14H24ClN3. The minimum atomic E-state index is 0.398. The van der Waals surface area contributed by atoms with Crippen LogP contribution in [0.2, 0.25) is 5.15 Å². The minimum Gasteiger partial charge on any atom is -0.367 e. The number of hydrogen-bond donors (Lipinski definition) is 1. The number of aromatic nitrogens is 2. The van der Waals surface area contributed by atoms with Gasteiger partial charge >= 0.3 is 0 Å². The molecule has 3 nitrogen and oxygen atoms in total. The van der Waals surface area contributed by atoms with E-state index in [0.717, 1.165) is 23.6 Å². The molecule has 18 heavy (non-hydrogen) atoms. The lowest BCUT2D eigenvalue weighted by atomic mass is 9.95. The van der Waals surface area contributed by atoms with E-state index >= 15 is 0 Å². The first-order chi connectivity index (χ1) is 8.53. The van der Waals surface area contributed by atoms with E-state index in [0.29, 0.717) is 17.1 Å². The SMILES string of the molecule is CCc1nc(Cl)c(C)c(NC(C)C(CC)CC)n1. The first-order valence-electron chi connectivity index (χ1n) is 6.82. The minimum absolute atomic E-state index is 0.398. The van der Waals surface area contributed by atoms with Crippen LogP contribution in [0.1, 0.15) is 51.9 Å². The van der Waals surface area contributed by atoms with Crippen LogP contribution in [0.5, 0.6) is 0 Å². The molecule has 1 heterocycles. The van der Waals surface area contributed by atoms with Gasteiger partial charge in [0.2, 0.25) is 0 Å². The van der Waals surface area contributed by atoms with Crippen LogP contribution in [0.4, 0.5) is 5.82 Å². The Balaban J connectivity index is 2.92. The Bertz CT molecular complexity index is 389. The van der Waals surface area contributed by atoms with Gasteiger partial charge in [0.15, 0.2) is 0 Å². The molecule has 1 N–H and O–H groups in total. The summed E-state index contributed by atoms with van der Waals surface area (Å²) in [5.41, 5.74) is 0.937. The van der Waals surface area contributed by atoms with Crippen molar-refractivity contribution in [2.45, 2.75) is 59.9 Å². The molecule has 1 aromatic heterocycles. The lowest BCUT2D eigenvalue weighted by Gasteiger charge is -2.24. The molecule has 0 amide bonds. The average molecular weight is 270 g/mol. The van der Waals surface area contributed by atoms with E-state index in [2.05, 4.69) is 36.1 Å². The largest absolute Gasteiger partial charge is 0.367 e. The first kappa shape index (κ1) is 15.2. The van der Waals surface area contributed by atoms with Crippen molar-refractivity contribution in [3.63, 3.8) is 0 Å². The number of nitrogens with one attached hydrogen (secondary N) is 1. The van der Waals surface area contributed by atoms with Gasteiger partial charge in [-0.2, -0.15) is 0 Å². The molecular weight excluding hydrogens is 246 g/mol. The van der Waals surface area contributed by atoms with Crippen LogP contribution in [0.3, 0.4) is 0 Å². The molecule has 0 spiro atoms. The normalized spacial score (nSPS) is 12.8. The molecule has 0 aliphatic carbocycles. The zero-order valence-electron chi connectivity index (χ0n) is 12.0. The van der Waals surface area contributed by atoms with E-state index in [4.69, 9.17) is 11.6 Å². The molecule has 1 unspecified atom stereocenters. The van der Waals surface area contributed by atoms with E-state index in [9.17, 15) is 0 Å². The van der Waals surface area contributed by atoms with Crippen LogP contribution in [0.15, 0.2) is 0 Å². The van der Waals surface area contributed by atoms with Gasteiger partial charge in [0.1, 0.15) is 16.8 Å². The van der Waals surface area contributed by atoms with E-state index in [1.165, 1.54) is 12.8 Å². The third kappa shape index (κ3) is 3.58. The van der Waals surface area contributed by atoms with Crippen LogP contribution >= 0.6 is 11.6 Å². The average Bonchev–Trinajstić information content (AvgIpc) is 2.36. The predicted octanol–water partition coefficient (Wildman–Crippen LogP) is 4.24. The summed E-state index contributed by atoms with van der Waals surface area (Å²) < 4.78 is 0. The van der Waals surface area contributed by atoms with Crippen molar-refractivity contribution in [2.24, 2.45) is 5.92 Å². The van der Waals surface area contributed by atoms with Gasteiger partial charge in [-0.3, -0.25) is 0 Å². The summed E-state index contributed by atoms with van der Waals surface area (Å²) >= 11 is 6.14. The monoisotopic (exact) mass is 269 g/mol. The molecule has 0 fully saturated rings. The Hall–Kier alpha value is -0.830. The van der Waals surface area contributed by atoms with Gasteiger partial charge < -0.3 is 5.32 Å². The maximum absolute atomic E-state index is 6.14. The highest BCUT2D eigenvalue weighted by Crippen LogP contribution is 2.23. The number of nitrogens with zero attached hydrogens (tertiary/aromatic N) is 2. The molecule has 0 aliphatic rings. The Morgan fingerprint density at radius 2 is 1.78 bits per heavy atom. The van der Waals surface area contributed by atoms with Gasteiger partial charge in [-0.1, -0.05) is 45.2 Å². The fraction of sp³-hybridized carbons (Fsp3) is 0.714. The molecule has 1 rings (SSSR count). The van der Waals surface area contributed by atoms with Gasteiger partial charge in [-0.25, -0.2) is 9.97 Å². The Kier molecular flexibility index (Phi) is 5.86. The molecule has 1 atom stereocenters. The van der Waals surface area contributed by atoms with Crippen LogP contribution in [0.25, 0.3) is 0 Å². The van der Waals surface area contributed by atoms with Crippen molar-refractivity contribution < 1.29 is 0 Å². The topological polar surface area (TPSA) is 37.8 Å². The number of halogens is 1. The summed E-state index contributed by atoms with van der Waals surface area (Å²) in [5, 5.41) is 4.05.